The van der Waals surface area contributed by atoms with Gasteiger partial charge in [-0.25, -0.2) is 9.78 Å². The lowest BCUT2D eigenvalue weighted by Gasteiger charge is -2.11. The van der Waals surface area contributed by atoms with Crippen LogP contribution >= 0.6 is 0 Å². The van der Waals surface area contributed by atoms with Gasteiger partial charge in [-0.3, -0.25) is 0 Å². The Balaban J connectivity index is 1.96. The predicted octanol–water partition coefficient (Wildman–Crippen LogP) is 1.79. The van der Waals surface area contributed by atoms with Crippen molar-refractivity contribution in [1.82, 2.24) is 9.55 Å². The van der Waals surface area contributed by atoms with Gasteiger partial charge in [0.05, 0.1) is 24.8 Å². The molecule has 1 aromatic rings. The van der Waals surface area contributed by atoms with Crippen molar-refractivity contribution < 1.29 is 9.53 Å². The second kappa shape index (κ2) is 4.29. The van der Waals surface area contributed by atoms with E-state index < -0.39 is 0 Å². The molecule has 0 spiro atoms. The summed E-state index contributed by atoms with van der Waals surface area (Å²) in [7, 11) is 0. The van der Waals surface area contributed by atoms with E-state index in [0.29, 0.717) is 6.61 Å². The van der Waals surface area contributed by atoms with Gasteiger partial charge in [0.1, 0.15) is 0 Å². The highest BCUT2D eigenvalue weighted by molar-refractivity contribution is 5.80. The summed E-state index contributed by atoms with van der Waals surface area (Å²) in [5.41, 5.74) is 0.951. The van der Waals surface area contributed by atoms with Crippen LogP contribution in [0.2, 0.25) is 0 Å². The molecule has 0 aliphatic carbocycles. The maximum Gasteiger partial charge on any atom is 0.333 e. The van der Waals surface area contributed by atoms with Crippen molar-refractivity contribution in [2.24, 2.45) is 0 Å². The Labute approximate surface area is 88.6 Å². The fraction of sp³-hybridized carbons (Fsp3) is 0.455. The van der Waals surface area contributed by atoms with E-state index in [-0.39, 0.29) is 12.0 Å². The fourth-order valence-corrected chi connectivity index (χ4v) is 1.55. The lowest BCUT2D eigenvalue weighted by molar-refractivity contribution is -0.146. The van der Waals surface area contributed by atoms with Gasteiger partial charge in [0.15, 0.2) is 6.04 Å². The van der Waals surface area contributed by atoms with Gasteiger partial charge in [-0.15, -0.1) is 0 Å². The van der Waals surface area contributed by atoms with Crippen LogP contribution in [0.25, 0.3) is 6.08 Å². The first kappa shape index (κ1) is 9.96. The van der Waals surface area contributed by atoms with E-state index in [1.807, 2.05) is 16.7 Å². The van der Waals surface area contributed by atoms with E-state index in [0.717, 1.165) is 18.5 Å². The first-order valence-corrected chi connectivity index (χ1v) is 5.19. The fourth-order valence-electron chi connectivity index (χ4n) is 1.55. The normalized spacial score (nSPS) is 17.8. The van der Waals surface area contributed by atoms with Crippen molar-refractivity contribution in [3.05, 3.63) is 24.3 Å². The van der Waals surface area contributed by atoms with Gasteiger partial charge in [-0.05, 0) is 18.6 Å². The minimum atomic E-state index is -0.320. The van der Waals surface area contributed by atoms with Crippen molar-refractivity contribution in [2.45, 2.75) is 25.8 Å². The van der Waals surface area contributed by atoms with Crippen LogP contribution in [0.4, 0.5) is 0 Å². The van der Waals surface area contributed by atoms with Crippen LogP contribution in [0.5, 0.6) is 0 Å². The molecule has 1 aromatic heterocycles. The van der Waals surface area contributed by atoms with E-state index in [9.17, 15) is 4.79 Å². The lowest BCUT2D eigenvalue weighted by Crippen LogP contribution is -2.18. The molecule has 4 heteroatoms. The molecule has 2 rings (SSSR count). The third-order valence-electron chi connectivity index (χ3n) is 2.43. The van der Waals surface area contributed by atoms with Gasteiger partial charge >= 0.3 is 5.97 Å². The number of unbranched alkanes of at least 4 members (excludes halogenated alkanes) is 1. The Hall–Kier alpha value is -1.58. The zero-order chi connectivity index (χ0) is 10.7. The van der Waals surface area contributed by atoms with E-state index in [2.05, 4.69) is 11.9 Å². The van der Waals surface area contributed by atoms with Crippen molar-refractivity contribution in [3.8, 4) is 0 Å². The average Bonchev–Trinajstić information content (AvgIpc) is 2.78. The summed E-state index contributed by atoms with van der Waals surface area (Å²) in [6, 6.07) is -0.320. The summed E-state index contributed by atoms with van der Waals surface area (Å²) in [6.07, 6.45) is 9.06. The smallest absolute Gasteiger partial charge is 0.333 e. The Morgan fingerprint density at radius 2 is 2.53 bits per heavy atom. The Morgan fingerprint density at radius 3 is 3.33 bits per heavy atom. The minimum absolute atomic E-state index is 0.198. The number of carbonyl (C=O) groups excluding carboxylic acids is 1. The zero-order valence-corrected chi connectivity index (χ0v) is 8.72. The highest BCUT2D eigenvalue weighted by Crippen LogP contribution is 2.22. The molecule has 0 saturated carbocycles. The lowest BCUT2D eigenvalue weighted by atomic mass is 10.3. The molecule has 0 bridgehead atoms. The molecule has 4 nitrogen and oxygen atoms in total. The molecule has 80 valence electrons. The summed E-state index contributed by atoms with van der Waals surface area (Å²) in [5, 5.41) is 0. The van der Waals surface area contributed by atoms with Crippen LogP contribution in [0, 0.1) is 0 Å². The van der Waals surface area contributed by atoms with Gasteiger partial charge in [0.2, 0.25) is 0 Å². The van der Waals surface area contributed by atoms with Crippen LogP contribution in [0.1, 0.15) is 31.5 Å². The summed E-state index contributed by atoms with van der Waals surface area (Å²) in [4.78, 5) is 15.6. The average molecular weight is 206 g/mol. The number of ether oxygens (including phenoxy) is 1. The number of nitrogens with zero attached hydrogens (tertiary/aromatic N) is 2. The quantitative estimate of drug-likeness (QED) is 0.557. The number of carbonyl (C=O) groups is 1. The van der Waals surface area contributed by atoms with Crippen LogP contribution in [0.3, 0.4) is 0 Å². The maximum absolute atomic E-state index is 11.7. The van der Waals surface area contributed by atoms with Gasteiger partial charge in [-0.2, -0.15) is 0 Å². The third-order valence-corrected chi connectivity index (χ3v) is 2.43. The van der Waals surface area contributed by atoms with Gasteiger partial charge in [0.25, 0.3) is 0 Å². The highest BCUT2D eigenvalue weighted by atomic mass is 16.5. The van der Waals surface area contributed by atoms with Crippen LogP contribution < -0.4 is 0 Å². The minimum Gasteiger partial charge on any atom is -0.464 e. The molecule has 0 N–H and O–H groups in total. The SMILES string of the molecule is CCCCOC(=O)C1C=Cc2cncn21. The molecule has 0 fully saturated rings. The van der Waals surface area contributed by atoms with Crippen molar-refractivity contribution in [1.29, 1.82) is 0 Å². The van der Waals surface area contributed by atoms with Crippen LogP contribution in [-0.4, -0.2) is 22.1 Å². The summed E-state index contributed by atoms with van der Waals surface area (Å²) >= 11 is 0. The molecule has 2 heterocycles. The number of aromatic nitrogens is 2. The molecular formula is C11H14N2O2. The molecule has 15 heavy (non-hydrogen) atoms. The van der Waals surface area contributed by atoms with Gasteiger partial charge in [0, 0.05) is 0 Å². The van der Waals surface area contributed by atoms with E-state index in [4.69, 9.17) is 4.74 Å². The van der Waals surface area contributed by atoms with Crippen molar-refractivity contribution in [3.63, 3.8) is 0 Å². The Bertz CT molecular complexity index is 382. The molecule has 1 aliphatic heterocycles. The molecule has 1 aliphatic rings. The summed E-state index contributed by atoms with van der Waals surface area (Å²) in [5.74, 6) is -0.198. The number of fused-ring (bicyclic) bond motifs is 1. The topological polar surface area (TPSA) is 44.1 Å². The molecular weight excluding hydrogens is 192 g/mol. The first-order chi connectivity index (χ1) is 7.33. The highest BCUT2D eigenvalue weighted by Gasteiger charge is 2.24. The largest absolute Gasteiger partial charge is 0.464 e. The van der Waals surface area contributed by atoms with Crippen molar-refractivity contribution in [2.75, 3.05) is 6.61 Å². The van der Waals surface area contributed by atoms with E-state index in [1.165, 1.54) is 0 Å². The molecule has 0 saturated heterocycles. The molecule has 0 amide bonds. The maximum atomic E-state index is 11.7. The molecule has 0 aromatic carbocycles. The summed E-state index contributed by atoms with van der Waals surface area (Å²) < 4.78 is 6.97. The van der Waals surface area contributed by atoms with Gasteiger partial charge in [-0.1, -0.05) is 13.3 Å². The van der Waals surface area contributed by atoms with E-state index in [1.54, 1.807) is 12.5 Å². The Morgan fingerprint density at radius 1 is 1.67 bits per heavy atom. The van der Waals surface area contributed by atoms with Crippen LogP contribution in [0.15, 0.2) is 18.6 Å². The predicted molar refractivity (Wildman–Crippen MR) is 56.2 cm³/mol. The molecule has 0 radical (unpaired) electrons. The third kappa shape index (κ3) is 1.93. The van der Waals surface area contributed by atoms with Crippen molar-refractivity contribution >= 4 is 12.0 Å². The monoisotopic (exact) mass is 206 g/mol. The van der Waals surface area contributed by atoms with E-state index >= 15 is 0 Å². The molecule has 1 atom stereocenters. The number of rotatable bonds is 4. The van der Waals surface area contributed by atoms with Gasteiger partial charge < -0.3 is 9.30 Å². The number of hydrogen-bond acceptors (Lipinski definition) is 3. The second-order valence-corrected chi connectivity index (χ2v) is 3.55. The summed E-state index contributed by atoms with van der Waals surface area (Å²) in [6.45, 7) is 2.57. The zero-order valence-electron chi connectivity index (χ0n) is 8.72. The second-order valence-electron chi connectivity index (χ2n) is 3.55. The standard InChI is InChI=1S/C11H14N2O2/c1-2-3-6-15-11(14)10-5-4-9-7-12-8-13(9)10/h4-5,7-8,10H,2-3,6H2,1H3. The number of esters is 1. The van der Waals surface area contributed by atoms with Crippen LogP contribution in [-0.2, 0) is 9.53 Å². The first-order valence-electron chi connectivity index (χ1n) is 5.19. The number of hydrogen-bond donors (Lipinski definition) is 0. The molecule has 1 unspecified atom stereocenters. The number of imidazole rings is 1. The Kier molecular flexibility index (Phi) is 2.85.